The van der Waals surface area contributed by atoms with E-state index in [0.717, 1.165) is 6.42 Å². The number of aromatic nitrogens is 1. The van der Waals surface area contributed by atoms with Crippen molar-refractivity contribution in [3.8, 4) is 0 Å². The van der Waals surface area contributed by atoms with Crippen molar-refractivity contribution < 1.29 is 0 Å². The van der Waals surface area contributed by atoms with Gasteiger partial charge in [0.1, 0.15) is 0 Å². The zero-order valence-corrected chi connectivity index (χ0v) is 9.20. The Morgan fingerprint density at radius 3 is 2.07 bits per heavy atom. The smallest absolute Gasteiger partial charge is 0.0270 e. The van der Waals surface area contributed by atoms with Crippen LogP contribution in [0.2, 0.25) is 0 Å². The lowest BCUT2D eigenvalue weighted by Gasteiger charge is -2.04. The maximum atomic E-state index is 4.02. The molecule has 0 aliphatic rings. The highest BCUT2D eigenvalue weighted by Crippen LogP contribution is 2.13. The largest absolute Gasteiger partial charge is 0.265 e. The van der Waals surface area contributed by atoms with E-state index < -0.39 is 0 Å². The van der Waals surface area contributed by atoms with Crippen LogP contribution in [0, 0.1) is 13.8 Å². The molecule has 0 N–H and O–H groups in total. The molecule has 0 aliphatic carbocycles. The van der Waals surface area contributed by atoms with Crippen LogP contribution in [0.3, 0.4) is 0 Å². The molecule has 0 aliphatic heterocycles. The van der Waals surface area contributed by atoms with Gasteiger partial charge in [-0.1, -0.05) is 29.3 Å². The van der Waals surface area contributed by atoms with E-state index in [-0.39, 0.29) is 0 Å². The van der Waals surface area contributed by atoms with E-state index in [4.69, 9.17) is 0 Å². The molecule has 0 unspecified atom stereocenters. The van der Waals surface area contributed by atoms with E-state index in [1.807, 2.05) is 12.4 Å². The second kappa shape index (κ2) is 4.26. The fourth-order valence-corrected chi connectivity index (χ4v) is 1.91. The van der Waals surface area contributed by atoms with Crippen LogP contribution in [0.25, 0.3) is 0 Å². The Hall–Kier alpha value is -1.63. The SMILES string of the molecule is Cc1cc(C)cc(Cc2ccncc2)c1. The molecule has 0 atom stereocenters. The molecule has 1 aromatic heterocycles. The first kappa shape index (κ1) is 9.91. The fraction of sp³-hybridized carbons (Fsp3) is 0.214. The van der Waals surface area contributed by atoms with Crippen LogP contribution in [-0.4, -0.2) is 4.98 Å². The summed E-state index contributed by atoms with van der Waals surface area (Å²) in [6, 6.07) is 10.8. The Labute approximate surface area is 90.8 Å². The molecule has 76 valence electrons. The van der Waals surface area contributed by atoms with Crippen molar-refractivity contribution in [1.82, 2.24) is 4.98 Å². The van der Waals surface area contributed by atoms with Gasteiger partial charge in [0.25, 0.3) is 0 Å². The van der Waals surface area contributed by atoms with Crippen LogP contribution in [-0.2, 0) is 6.42 Å². The van der Waals surface area contributed by atoms with Crippen molar-refractivity contribution in [3.05, 3.63) is 65.0 Å². The molecular formula is C14H15N. The van der Waals surface area contributed by atoms with E-state index in [0.29, 0.717) is 0 Å². The molecule has 2 aromatic rings. The molecule has 0 spiro atoms. The van der Waals surface area contributed by atoms with Gasteiger partial charge in [-0.2, -0.15) is 0 Å². The van der Waals surface area contributed by atoms with E-state index in [1.54, 1.807) is 0 Å². The molecule has 2 rings (SSSR count). The highest BCUT2D eigenvalue weighted by Gasteiger charge is 1.97. The van der Waals surface area contributed by atoms with Crippen LogP contribution < -0.4 is 0 Å². The lowest BCUT2D eigenvalue weighted by Crippen LogP contribution is -1.90. The molecule has 1 aromatic carbocycles. The summed E-state index contributed by atoms with van der Waals surface area (Å²) in [4.78, 5) is 4.02. The van der Waals surface area contributed by atoms with Crippen molar-refractivity contribution in [2.24, 2.45) is 0 Å². The van der Waals surface area contributed by atoms with Crippen molar-refractivity contribution in [2.45, 2.75) is 20.3 Å². The minimum Gasteiger partial charge on any atom is -0.265 e. The number of nitrogens with zero attached hydrogens (tertiary/aromatic N) is 1. The third-order valence-electron chi connectivity index (χ3n) is 2.44. The molecule has 0 bridgehead atoms. The second-order valence-electron chi connectivity index (χ2n) is 4.03. The van der Waals surface area contributed by atoms with Gasteiger partial charge in [0.15, 0.2) is 0 Å². The van der Waals surface area contributed by atoms with Crippen LogP contribution in [0.4, 0.5) is 0 Å². The monoisotopic (exact) mass is 197 g/mol. The van der Waals surface area contributed by atoms with Crippen molar-refractivity contribution in [2.75, 3.05) is 0 Å². The summed E-state index contributed by atoms with van der Waals surface area (Å²) in [5, 5.41) is 0. The number of benzene rings is 1. The summed E-state index contributed by atoms with van der Waals surface area (Å²) in [6.45, 7) is 4.28. The number of aryl methyl sites for hydroxylation is 2. The summed E-state index contributed by atoms with van der Waals surface area (Å²) in [6.07, 6.45) is 4.68. The molecule has 0 saturated carbocycles. The Balaban J connectivity index is 2.25. The predicted octanol–water partition coefficient (Wildman–Crippen LogP) is 3.29. The molecular weight excluding hydrogens is 182 g/mol. The minimum absolute atomic E-state index is 0.991. The topological polar surface area (TPSA) is 12.9 Å². The van der Waals surface area contributed by atoms with Gasteiger partial charge < -0.3 is 0 Å². The normalized spacial score (nSPS) is 10.3. The predicted molar refractivity (Wildman–Crippen MR) is 63.0 cm³/mol. The fourth-order valence-electron chi connectivity index (χ4n) is 1.91. The van der Waals surface area contributed by atoms with Crippen LogP contribution >= 0.6 is 0 Å². The van der Waals surface area contributed by atoms with Gasteiger partial charge in [-0.25, -0.2) is 0 Å². The highest BCUT2D eigenvalue weighted by atomic mass is 14.6. The molecule has 1 nitrogen and oxygen atoms in total. The number of rotatable bonds is 2. The van der Waals surface area contributed by atoms with Crippen molar-refractivity contribution >= 4 is 0 Å². The quantitative estimate of drug-likeness (QED) is 0.720. The number of pyridine rings is 1. The minimum atomic E-state index is 0.991. The molecule has 0 amide bonds. The Bertz CT molecular complexity index is 426. The van der Waals surface area contributed by atoms with Gasteiger partial charge in [0, 0.05) is 12.4 Å². The van der Waals surface area contributed by atoms with Crippen molar-refractivity contribution in [3.63, 3.8) is 0 Å². The number of hydrogen-bond donors (Lipinski definition) is 0. The summed E-state index contributed by atoms with van der Waals surface area (Å²) in [5.41, 5.74) is 5.35. The first-order valence-corrected chi connectivity index (χ1v) is 5.20. The second-order valence-corrected chi connectivity index (χ2v) is 4.03. The zero-order chi connectivity index (χ0) is 10.7. The van der Waals surface area contributed by atoms with Crippen LogP contribution in [0.5, 0.6) is 0 Å². The summed E-state index contributed by atoms with van der Waals surface area (Å²) >= 11 is 0. The standard InChI is InChI=1S/C14H15N/c1-11-7-12(2)9-14(8-11)10-13-3-5-15-6-4-13/h3-9H,10H2,1-2H3. The molecule has 1 heterocycles. The average Bonchev–Trinajstić information content (AvgIpc) is 2.17. The Morgan fingerprint density at radius 1 is 0.867 bits per heavy atom. The van der Waals surface area contributed by atoms with Crippen LogP contribution in [0.1, 0.15) is 22.3 Å². The van der Waals surface area contributed by atoms with E-state index >= 15 is 0 Å². The number of hydrogen-bond acceptors (Lipinski definition) is 1. The van der Waals surface area contributed by atoms with Crippen molar-refractivity contribution in [1.29, 1.82) is 0 Å². The van der Waals surface area contributed by atoms with E-state index in [2.05, 4.69) is 49.2 Å². The third kappa shape index (κ3) is 2.66. The van der Waals surface area contributed by atoms with Gasteiger partial charge in [-0.15, -0.1) is 0 Å². The molecule has 0 radical (unpaired) electrons. The van der Waals surface area contributed by atoms with E-state index in [1.165, 1.54) is 22.3 Å². The van der Waals surface area contributed by atoms with Gasteiger partial charge in [0.05, 0.1) is 0 Å². The molecule has 1 heteroatoms. The average molecular weight is 197 g/mol. The third-order valence-corrected chi connectivity index (χ3v) is 2.44. The zero-order valence-electron chi connectivity index (χ0n) is 9.20. The first-order valence-electron chi connectivity index (χ1n) is 5.20. The Morgan fingerprint density at radius 2 is 1.47 bits per heavy atom. The molecule has 0 fully saturated rings. The van der Waals surface area contributed by atoms with Gasteiger partial charge >= 0.3 is 0 Å². The van der Waals surface area contributed by atoms with Crippen LogP contribution in [0.15, 0.2) is 42.7 Å². The molecule has 0 saturated heterocycles. The Kier molecular flexibility index (Phi) is 2.82. The summed E-state index contributed by atoms with van der Waals surface area (Å²) < 4.78 is 0. The maximum absolute atomic E-state index is 4.02. The van der Waals surface area contributed by atoms with Gasteiger partial charge in [-0.3, -0.25) is 4.98 Å². The lowest BCUT2D eigenvalue weighted by atomic mass is 10.0. The lowest BCUT2D eigenvalue weighted by molar-refractivity contribution is 1.15. The summed E-state index contributed by atoms with van der Waals surface area (Å²) in [7, 11) is 0. The molecule has 15 heavy (non-hydrogen) atoms. The highest BCUT2D eigenvalue weighted by molar-refractivity contribution is 5.32. The maximum Gasteiger partial charge on any atom is 0.0270 e. The van der Waals surface area contributed by atoms with E-state index in [9.17, 15) is 0 Å². The van der Waals surface area contributed by atoms with Gasteiger partial charge in [-0.05, 0) is 43.5 Å². The summed E-state index contributed by atoms with van der Waals surface area (Å²) in [5.74, 6) is 0. The first-order chi connectivity index (χ1) is 7.24. The van der Waals surface area contributed by atoms with Gasteiger partial charge in [0.2, 0.25) is 0 Å².